The smallest absolute Gasteiger partial charge is 0.339 e. The number of esters is 2. The van der Waals surface area contributed by atoms with Crippen molar-refractivity contribution >= 4 is 23.7 Å². The predicted molar refractivity (Wildman–Crippen MR) is 99.6 cm³/mol. The van der Waals surface area contributed by atoms with Crippen molar-refractivity contribution in [2.45, 2.75) is 58.9 Å². The molecule has 1 aliphatic rings. The molecule has 2 N–H and O–H groups in total. The van der Waals surface area contributed by atoms with E-state index in [1.54, 1.807) is 6.92 Å². The normalized spacial score (nSPS) is 25.8. The van der Waals surface area contributed by atoms with Gasteiger partial charge in [0.05, 0.1) is 6.61 Å². The molecule has 0 unspecified atom stereocenters. The van der Waals surface area contributed by atoms with Gasteiger partial charge in [-0.25, -0.2) is 4.79 Å². The molecule has 1 aromatic carbocycles. The van der Waals surface area contributed by atoms with Crippen molar-refractivity contribution < 1.29 is 48.3 Å². The fourth-order valence-corrected chi connectivity index (χ4v) is 3.28. The maximum absolute atomic E-state index is 12.1. The van der Waals surface area contributed by atoms with Crippen molar-refractivity contribution in [1.29, 1.82) is 0 Å². The molecule has 1 fully saturated rings. The molecule has 0 saturated carbocycles. The Labute approximate surface area is 172 Å². The Morgan fingerprint density at radius 3 is 2.13 bits per heavy atom. The highest BCUT2D eigenvalue weighted by atomic mass is 16.7. The Balaban J connectivity index is 2.47. The van der Waals surface area contributed by atoms with E-state index in [0.29, 0.717) is 5.56 Å². The van der Waals surface area contributed by atoms with Crippen molar-refractivity contribution in [3.63, 3.8) is 0 Å². The number of carboxylic acids is 1. The number of benzene rings is 1. The molecule has 0 aliphatic carbocycles. The SMILES string of the molecule is CC(=O)O[C@@H]1[C@H](Oc2ccc(CO)cc2C(=O)O)O[C@H](C(C)=O)[C@@H](C)[C@@H]1OC(C)=O. The summed E-state index contributed by atoms with van der Waals surface area (Å²) in [5, 5.41) is 18.7. The van der Waals surface area contributed by atoms with Crippen molar-refractivity contribution in [1.82, 2.24) is 0 Å². The summed E-state index contributed by atoms with van der Waals surface area (Å²) in [6.07, 6.45) is -4.79. The van der Waals surface area contributed by atoms with Crippen molar-refractivity contribution in [3.8, 4) is 5.75 Å². The number of Topliss-reactive ketones (excluding diaryl/α,β-unsaturated/α-hetero) is 1. The lowest BCUT2D eigenvalue weighted by Crippen LogP contribution is -2.59. The number of carbonyl (C=O) groups excluding carboxylic acids is 3. The van der Waals surface area contributed by atoms with E-state index in [0.717, 1.165) is 6.92 Å². The van der Waals surface area contributed by atoms with Gasteiger partial charge in [0.2, 0.25) is 12.4 Å². The molecule has 1 heterocycles. The number of carbonyl (C=O) groups is 4. The summed E-state index contributed by atoms with van der Waals surface area (Å²) in [5.74, 6) is -3.87. The summed E-state index contributed by atoms with van der Waals surface area (Å²) in [6, 6.07) is 3.97. The van der Waals surface area contributed by atoms with Crippen LogP contribution in [0.1, 0.15) is 43.6 Å². The van der Waals surface area contributed by atoms with Crippen molar-refractivity contribution in [2.24, 2.45) is 5.92 Å². The van der Waals surface area contributed by atoms with Crippen LogP contribution in [0.4, 0.5) is 0 Å². The standard InChI is InChI=1S/C20H24O10/c1-9-16(10(2)22)30-20(18(28-12(4)24)17(9)27-11(3)23)29-15-6-5-13(8-21)7-14(15)19(25)26/h5-7,9,16-18,20-21H,8H2,1-4H3,(H,25,26)/t9-,16+,17+,18+,20-/m1/s1. The highest BCUT2D eigenvalue weighted by molar-refractivity contribution is 5.91. The lowest BCUT2D eigenvalue weighted by Gasteiger charge is -2.43. The second-order valence-corrected chi connectivity index (χ2v) is 6.95. The van der Waals surface area contributed by atoms with E-state index in [1.807, 2.05) is 0 Å². The summed E-state index contributed by atoms with van der Waals surface area (Å²) >= 11 is 0. The number of aliphatic hydroxyl groups is 1. The second kappa shape index (κ2) is 9.68. The number of hydrogen-bond donors (Lipinski definition) is 2. The molecule has 0 spiro atoms. The fourth-order valence-electron chi connectivity index (χ4n) is 3.28. The Morgan fingerprint density at radius 1 is 1.03 bits per heavy atom. The maximum Gasteiger partial charge on any atom is 0.339 e. The Hall–Kier alpha value is -2.98. The number of rotatable bonds is 7. The van der Waals surface area contributed by atoms with Crippen LogP contribution < -0.4 is 4.74 Å². The summed E-state index contributed by atoms with van der Waals surface area (Å²) < 4.78 is 22.0. The van der Waals surface area contributed by atoms with Crippen LogP contribution in [-0.2, 0) is 35.2 Å². The molecule has 0 radical (unpaired) electrons. The molecule has 2 rings (SSSR count). The van der Waals surface area contributed by atoms with E-state index < -0.39 is 48.4 Å². The third-order valence-electron chi connectivity index (χ3n) is 4.57. The van der Waals surface area contributed by atoms with E-state index in [9.17, 15) is 29.4 Å². The Kier molecular flexibility index (Phi) is 7.52. The van der Waals surface area contributed by atoms with Crippen LogP contribution >= 0.6 is 0 Å². The van der Waals surface area contributed by atoms with Crippen molar-refractivity contribution in [3.05, 3.63) is 29.3 Å². The number of aromatic carboxylic acids is 1. The average Bonchev–Trinajstić information content (AvgIpc) is 2.65. The Bertz CT molecular complexity index is 833. The molecule has 1 aromatic rings. The van der Waals surface area contributed by atoms with Crippen molar-refractivity contribution in [2.75, 3.05) is 0 Å². The van der Waals surface area contributed by atoms with Gasteiger partial charge in [-0.2, -0.15) is 0 Å². The third kappa shape index (κ3) is 5.33. The minimum absolute atomic E-state index is 0.139. The highest BCUT2D eigenvalue weighted by Crippen LogP contribution is 2.33. The topological polar surface area (TPSA) is 146 Å². The molecule has 0 aromatic heterocycles. The van der Waals surface area contributed by atoms with E-state index in [-0.39, 0.29) is 23.7 Å². The van der Waals surface area contributed by atoms with Gasteiger partial charge in [-0.3, -0.25) is 14.4 Å². The monoisotopic (exact) mass is 424 g/mol. The van der Waals surface area contributed by atoms with Gasteiger partial charge in [0.15, 0.2) is 11.9 Å². The largest absolute Gasteiger partial charge is 0.478 e. The van der Waals surface area contributed by atoms with E-state index in [4.69, 9.17) is 18.9 Å². The van der Waals surface area contributed by atoms with Gasteiger partial charge in [0, 0.05) is 19.8 Å². The molecular formula is C20H24O10. The first kappa shape index (κ1) is 23.3. The molecule has 10 heteroatoms. The van der Waals surface area contributed by atoms with Crippen LogP contribution in [-0.4, -0.2) is 58.5 Å². The van der Waals surface area contributed by atoms with Gasteiger partial charge in [0.1, 0.15) is 17.4 Å². The van der Waals surface area contributed by atoms with Crippen LogP contribution in [0.25, 0.3) is 0 Å². The number of aliphatic hydroxyl groups excluding tert-OH is 1. The van der Waals surface area contributed by atoms with Crippen LogP contribution in [0.2, 0.25) is 0 Å². The summed E-state index contributed by atoms with van der Waals surface area (Å²) in [5.41, 5.74) is 0.0719. The minimum Gasteiger partial charge on any atom is -0.478 e. The number of ketones is 1. The van der Waals surface area contributed by atoms with Gasteiger partial charge in [-0.1, -0.05) is 13.0 Å². The summed E-state index contributed by atoms with van der Waals surface area (Å²) in [6.45, 7) is 4.82. The first-order valence-corrected chi connectivity index (χ1v) is 9.19. The Morgan fingerprint density at radius 2 is 1.63 bits per heavy atom. The fraction of sp³-hybridized carbons (Fsp3) is 0.500. The summed E-state index contributed by atoms with van der Waals surface area (Å²) in [7, 11) is 0. The second-order valence-electron chi connectivity index (χ2n) is 6.95. The average molecular weight is 424 g/mol. The quantitative estimate of drug-likeness (QED) is 0.609. The first-order chi connectivity index (χ1) is 14.0. The number of ether oxygens (including phenoxy) is 4. The van der Waals surface area contributed by atoms with Gasteiger partial charge >= 0.3 is 17.9 Å². The molecular weight excluding hydrogens is 400 g/mol. The van der Waals surface area contributed by atoms with Gasteiger partial charge < -0.3 is 29.2 Å². The molecule has 0 bridgehead atoms. The molecule has 30 heavy (non-hydrogen) atoms. The number of carboxylic acid groups (broad SMARTS) is 1. The molecule has 10 nitrogen and oxygen atoms in total. The van der Waals surface area contributed by atoms with E-state index in [2.05, 4.69) is 0 Å². The maximum atomic E-state index is 12.1. The van der Waals surface area contributed by atoms with E-state index >= 15 is 0 Å². The molecule has 0 amide bonds. The minimum atomic E-state index is -1.43. The first-order valence-electron chi connectivity index (χ1n) is 9.19. The lowest BCUT2D eigenvalue weighted by molar-refractivity contribution is -0.261. The third-order valence-corrected chi connectivity index (χ3v) is 4.57. The van der Waals surface area contributed by atoms with Crippen LogP contribution in [0.5, 0.6) is 5.75 Å². The molecule has 1 aliphatic heterocycles. The predicted octanol–water partition coefficient (Wildman–Crippen LogP) is 1.07. The lowest BCUT2D eigenvalue weighted by atomic mass is 9.88. The van der Waals surface area contributed by atoms with Gasteiger partial charge in [0.25, 0.3) is 0 Å². The highest BCUT2D eigenvalue weighted by Gasteiger charge is 2.50. The number of hydrogen-bond acceptors (Lipinski definition) is 9. The molecule has 164 valence electrons. The van der Waals surface area contributed by atoms with Gasteiger partial charge in [-0.15, -0.1) is 0 Å². The van der Waals surface area contributed by atoms with E-state index in [1.165, 1.54) is 32.0 Å². The van der Waals surface area contributed by atoms with Gasteiger partial charge in [-0.05, 0) is 24.6 Å². The molecule has 5 atom stereocenters. The zero-order valence-corrected chi connectivity index (χ0v) is 17.0. The molecule has 1 saturated heterocycles. The van der Waals surface area contributed by atoms with Crippen LogP contribution in [0, 0.1) is 5.92 Å². The van der Waals surface area contributed by atoms with Crippen LogP contribution in [0.3, 0.4) is 0 Å². The van der Waals surface area contributed by atoms with Crippen LogP contribution in [0.15, 0.2) is 18.2 Å². The zero-order chi connectivity index (χ0) is 22.6. The zero-order valence-electron chi connectivity index (χ0n) is 17.0. The summed E-state index contributed by atoms with van der Waals surface area (Å²) in [4.78, 5) is 47.0.